The molecule has 2 rings (SSSR count). The van der Waals surface area contributed by atoms with Crippen molar-refractivity contribution in [2.24, 2.45) is 0 Å². The first-order chi connectivity index (χ1) is 11.4. The van der Waals surface area contributed by atoms with E-state index in [-0.39, 0.29) is 23.8 Å². The lowest BCUT2D eigenvalue weighted by Crippen LogP contribution is -2.25. The van der Waals surface area contributed by atoms with Crippen LogP contribution in [0.25, 0.3) is 0 Å². The van der Waals surface area contributed by atoms with Crippen LogP contribution < -0.4 is 10.0 Å². The van der Waals surface area contributed by atoms with Gasteiger partial charge in [-0.25, -0.2) is 13.1 Å². The fraction of sp³-hybridized carbons (Fsp3) is 0.235. The summed E-state index contributed by atoms with van der Waals surface area (Å²) in [6, 6.07) is 13.4. The molecule has 24 heavy (non-hydrogen) atoms. The molecule has 2 aromatic carbocycles. The van der Waals surface area contributed by atoms with Gasteiger partial charge in [0.1, 0.15) is 0 Å². The highest BCUT2D eigenvalue weighted by Crippen LogP contribution is 2.14. The second-order valence-electron chi connectivity index (χ2n) is 5.37. The number of hydrogen-bond acceptors (Lipinski definition) is 3. The number of benzene rings is 2. The third kappa shape index (κ3) is 5.63. The molecule has 0 radical (unpaired) electrons. The van der Waals surface area contributed by atoms with Crippen LogP contribution in [-0.2, 0) is 14.8 Å². The van der Waals surface area contributed by atoms with E-state index in [1.54, 1.807) is 0 Å². The summed E-state index contributed by atoms with van der Waals surface area (Å²) in [6.07, 6.45) is 0.640. The van der Waals surface area contributed by atoms with Crippen LogP contribution in [-0.4, -0.2) is 20.9 Å². The Morgan fingerprint density at radius 2 is 1.67 bits per heavy atom. The van der Waals surface area contributed by atoms with E-state index in [0.717, 1.165) is 11.3 Å². The predicted octanol–water partition coefficient (Wildman–Crippen LogP) is 3.35. The van der Waals surface area contributed by atoms with Crippen molar-refractivity contribution >= 4 is 33.2 Å². The fourth-order valence-corrected chi connectivity index (χ4v) is 3.21. The predicted molar refractivity (Wildman–Crippen MR) is 95.7 cm³/mol. The number of carbonyl (C=O) groups excluding carboxylic acids is 1. The molecule has 0 bridgehead atoms. The van der Waals surface area contributed by atoms with Crippen molar-refractivity contribution in [1.82, 2.24) is 4.72 Å². The van der Waals surface area contributed by atoms with Gasteiger partial charge in [-0.3, -0.25) is 4.79 Å². The van der Waals surface area contributed by atoms with E-state index in [1.165, 1.54) is 24.3 Å². The zero-order chi connectivity index (χ0) is 17.6. The number of sulfonamides is 1. The van der Waals surface area contributed by atoms with Crippen molar-refractivity contribution in [2.45, 2.75) is 24.7 Å². The van der Waals surface area contributed by atoms with E-state index in [1.807, 2.05) is 31.2 Å². The second-order valence-corrected chi connectivity index (χ2v) is 7.57. The van der Waals surface area contributed by atoms with Gasteiger partial charge in [0.25, 0.3) is 0 Å². The van der Waals surface area contributed by atoms with Crippen molar-refractivity contribution in [3.05, 3.63) is 59.1 Å². The van der Waals surface area contributed by atoms with E-state index in [2.05, 4.69) is 10.0 Å². The Hall–Kier alpha value is -1.89. The summed E-state index contributed by atoms with van der Waals surface area (Å²) in [5.41, 5.74) is 1.84. The molecule has 0 heterocycles. The van der Waals surface area contributed by atoms with Crippen molar-refractivity contribution in [3.63, 3.8) is 0 Å². The summed E-state index contributed by atoms with van der Waals surface area (Å²) in [5, 5.41) is 3.25. The second kappa shape index (κ2) is 8.28. The molecule has 7 heteroatoms. The van der Waals surface area contributed by atoms with Gasteiger partial charge in [-0.2, -0.15) is 0 Å². The minimum absolute atomic E-state index is 0.149. The van der Waals surface area contributed by atoms with Crippen LogP contribution in [0.1, 0.15) is 18.4 Å². The highest BCUT2D eigenvalue weighted by atomic mass is 35.5. The van der Waals surface area contributed by atoms with E-state index in [9.17, 15) is 13.2 Å². The number of nitrogens with one attached hydrogen (secondary N) is 2. The number of hydrogen-bond donors (Lipinski definition) is 2. The third-order valence-corrected chi connectivity index (χ3v) is 5.06. The van der Waals surface area contributed by atoms with E-state index in [4.69, 9.17) is 11.6 Å². The van der Waals surface area contributed by atoms with Crippen molar-refractivity contribution in [1.29, 1.82) is 0 Å². The summed E-state index contributed by atoms with van der Waals surface area (Å²) in [4.78, 5) is 12.0. The first-order valence-electron chi connectivity index (χ1n) is 7.48. The minimum Gasteiger partial charge on any atom is -0.326 e. The molecule has 0 aliphatic heterocycles. The summed E-state index contributed by atoms with van der Waals surface area (Å²) < 4.78 is 26.6. The molecule has 1 amide bonds. The Kier molecular flexibility index (Phi) is 6.36. The smallest absolute Gasteiger partial charge is 0.240 e. The molecule has 0 atom stereocenters. The standard InChI is InChI=1S/C17H19ClN2O3S/c1-13-4-8-15(9-5-13)20-17(21)3-2-12-19-24(22,23)16-10-6-14(18)7-11-16/h4-11,19H,2-3,12H2,1H3,(H,20,21). The maximum absolute atomic E-state index is 12.1. The lowest BCUT2D eigenvalue weighted by atomic mass is 10.2. The van der Waals surface area contributed by atoms with E-state index in [0.29, 0.717) is 11.4 Å². The molecule has 0 spiro atoms. The lowest BCUT2D eigenvalue weighted by Gasteiger charge is -2.08. The van der Waals surface area contributed by atoms with Crippen LogP contribution >= 0.6 is 11.6 Å². The van der Waals surface area contributed by atoms with Crippen molar-refractivity contribution in [3.8, 4) is 0 Å². The van der Waals surface area contributed by atoms with E-state index < -0.39 is 10.0 Å². The number of aryl methyl sites for hydroxylation is 1. The molecule has 0 fully saturated rings. The molecule has 0 aromatic heterocycles. The molecule has 0 saturated carbocycles. The van der Waals surface area contributed by atoms with Gasteiger partial charge in [0.05, 0.1) is 4.90 Å². The maximum atomic E-state index is 12.1. The fourth-order valence-electron chi connectivity index (χ4n) is 2.01. The topological polar surface area (TPSA) is 75.3 Å². The number of rotatable bonds is 7. The number of anilines is 1. The van der Waals surface area contributed by atoms with E-state index >= 15 is 0 Å². The average Bonchev–Trinajstić information content (AvgIpc) is 2.54. The maximum Gasteiger partial charge on any atom is 0.240 e. The third-order valence-electron chi connectivity index (χ3n) is 3.33. The van der Waals surface area contributed by atoms with Crippen LogP contribution in [0, 0.1) is 6.92 Å². The molecular formula is C17H19ClN2O3S. The molecule has 0 aliphatic rings. The number of amides is 1. The molecule has 5 nitrogen and oxygen atoms in total. The Bertz CT molecular complexity index is 788. The summed E-state index contributed by atoms with van der Waals surface area (Å²) >= 11 is 5.74. The quantitative estimate of drug-likeness (QED) is 0.738. The Morgan fingerprint density at radius 3 is 2.29 bits per heavy atom. The summed E-state index contributed by atoms with van der Waals surface area (Å²) in [6.45, 7) is 2.16. The van der Waals surface area contributed by atoms with Gasteiger partial charge in [0.15, 0.2) is 0 Å². The summed E-state index contributed by atoms with van der Waals surface area (Å²) in [5.74, 6) is -0.149. The van der Waals surface area contributed by atoms with Crippen molar-refractivity contribution < 1.29 is 13.2 Å². The van der Waals surface area contributed by atoms with Gasteiger partial charge in [-0.15, -0.1) is 0 Å². The monoisotopic (exact) mass is 366 g/mol. The van der Waals surface area contributed by atoms with Crippen LogP contribution in [0.15, 0.2) is 53.4 Å². The molecule has 0 aliphatic carbocycles. The lowest BCUT2D eigenvalue weighted by molar-refractivity contribution is -0.116. The Balaban J connectivity index is 1.76. The molecule has 0 unspecified atom stereocenters. The van der Waals surface area contributed by atoms with Crippen LogP contribution in [0.2, 0.25) is 5.02 Å². The SMILES string of the molecule is Cc1ccc(NC(=O)CCCNS(=O)(=O)c2ccc(Cl)cc2)cc1. The van der Waals surface area contributed by atoms with Crippen LogP contribution in [0.4, 0.5) is 5.69 Å². The van der Waals surface area contributed by atoms with Gasteiger partial charge in [-0.1, -0.05) is 29.3 Å². The normalized spacial score (nSPS) is 11.2. The largest absolute Gasteiger partial charge is 0.326 e. The molecular weight excluding hydrogens is 348 g/mol. The zero-order valence-electron chi connectivity index (χ0n) is 13.3. The molecule has 2 N–H and O–H groups in total. The number of carbonyl (C=O) groups is 1. The molecule has 2 aromatic rings. The number of halogens is 1. The first kappa shape index (κ1) is 18.4. The summed E-state index contributed by atoms with van der Waals surface area (Å²) in [7, 11) is -3.58. The Morgan fingerprint density at radius 1 is 1.04 bits per heavy atom. The highest BCUT2D eigenvalue weighted by Gasteiger charge is 2.13. The van der Waals surface area contributed by atoms with Gasteiger partial charge in [-0.05, 0) is 49.7 Å². The molecule has 0 saturated heterocycles. The van der Waals surface area contributed by atoms with Gasteiger partial charge in [0.2, 0.25) is 15.9 Å². The Labute approximate surface area is 147 Å². The van der Waals surface area contributed by atoms with Crippen LogP contribution in [0.3, 0.4) is 0 Å². The van der Waals surface area contributed by atoms with Crippen molar-refractivity contribution in [2.75, 3.05) is 11.9 Å². The van der Waals surface area contributed by atoms with Gasteiger partial charge < -0.3 is 5.32 Å². The zero-order valence-corrected chi connectivity index (χ0v) is 14.8. The molecule has 128 valence electrons. The highest BCUT2D eigenvalue weighted by molar-refractivity contribution is 7.89. The van der Waals surface area contributed by atoms with Gasteiger partial charge >= 0.3 is 0 Å². The average molecular weight is 367 g/mol. The van der Waals surface area contributed by atoms with Crippen LogP contribution in [0.5, 0.6) is 0 Å². The minimum atomic E-state index is -3.58. The first-order valence-corrected chi connectivity index (χ1v) is 9.35. The van der Waals surface area contributed by atoms with Gasteiger partial charge in [0, 0.05) is 23.7 Å².